The van der Waals surface area contributed by atoms with Gasteiger partial charge >= 0.3 is 6.03 Å². The molecule has 1 heterocycles. The maximum Gasteiger partial charge on any atom is 0.319 e. The number of urea groups is 1. The van der Waals surface area contributed by atoms with E-state index in [-0.39, 0.29) is 18.1 Å². The Bertz CT molecular complexity index is 726. The number of aliphatic hydroxyl groups is 1. The fourth-order valence-electron chi connectivity index (χ4n) is 3.28. The molecular formula is C18H24N4O2. The van der Waals surface area contributed by atoms with Crippen molar-refractivity contribution in [2.24, 2.45) is 5.92 Å². The average molecular weight is 328 g/mol. The summed E-state index contributed by atoms with van der Waals surface area (Å²) in [7, 11) is 0. The molecule has 1 aliphatic rings. The summed E-state index contributed by atoms with van der Waals surface area (Å²) in [5, 5.41) is 20.1. The number of amides is 2. The molecule has 0 saturated heterocycles. The van der Waals surface area contributed by atoms with E-state index in [1.54, 1.807) is 0 Å². The SMILES string of the molecule is Cc1cc(C)n(-c2ccccc2NC(=O)NCC2CCCC2O)n1. The molecule has 0 bridgehead atoms. The number of rotatable bonds is 4. The minimum atomic E-state index is -0.299. The van der Waals surface area contributed by atoms with Gasteiger partial charge in [0, 0.05) is 18.2 Å². The Morgan fingerprint density at radius 2 is 2.12 bits per heavy atom. The van der Waals surface area contributed by atoms with Gasteiger partial charge < -0.3 is 15.7 Å². The van der Waals surface area contributed by atoms with Crippen LogP contribution in [-0.4, -0.2) is 33.6 Å². The van der Waals surface area contributed by atoms with E-state index in [9.17, 15) is 9.90 Å². The van der Waals surface area contributed by atoms with Crippen LogP contribution in [0.4, 0.5) is 10.5 Å². The van der Waals surface area contributed by atoms with Gasteiger partial charge in [0.2, 0.25) is 0 Å². The highest BCUT2D eigenvalue weighted by Crippen LogP contribution is 2.25. The lowest BCUT2D eigenvalue weighted by Gasteiger charge is -2.16. The van der Waals surface area contributed by atoms with Crippen LogP contribution in [0, 0.1) is 19.8 Å². The number of aliphatic hydroxyl groups excluding tert-OH is 1. The predicted molar refractivity (Wildman–Crippen MR) is 93.4 cm³/mol. The third kappa shape index (κ3) is 3.59. The lowest BCUT2D eigenvalue weighted by molar-refractivity contribution is 0.133. The highest BCUT2D eigenvalue weighted by Gasteiger charge is 2.25. The largest absolute Gasteiger partial charge is 0.393 e. The van der Waals surface area contributed by atoms with Gasteiger partial charge in [-0.3, -0.25) is 0 Å². The molecule has 6 nitrogen and oxygen atoms in total. The first-order valence-electron chi connectivity index (χ1n) is 8.40. The van der Waals surface area contributed by atoms with Crippen molar-refractivity contribution in [2.75, 3.05) is 11.9 Å². The molecule has 128 valence electrons. The van der Waals surface area contributed by atoms with Gasteiger partial charge in [-0.15, -0.1) is 0 Å². The summed E-state index contributed by atoms with van der Waals surface area (Å²) in [6.07, 6.45) is 2.52. The Morgan fingerprint density at radius 3 is 2.79 bits per heavy atom. The van der Waals surface area contributed by atoms with E-state index in [0.717, 1.165) is 36.3 Å². The summed E-state index contributed by atoms with van der Waals surface area (Å²) >= 11 is 0. The Labute approximate surface area is 141 Å². The Morgan fingerprint density at radius 1 is 1.33 bits per heavy atom. The number of carbonyl (C=O) groups is 1. The number of carbonyl (C=O) groups excluding carboxylic acids is 1. The topological polar surface area (TPSA) is 79.2 Å². The summed E-state index contributed by atoms with van der Waals surface area (Å²) < 4.78 is 1.83. The van der Waals surface area contributed by atoms with Crippen molar-refractivity contribution >= 4 is 11.7 Å². The second-order valence-electron chi connectivity index (χ2n) is 6.45. The van der Waals surface area contributed by atoms with Gasteiger partial charge in [0.05, 0.1) is 23.2 Å². The van der Waals surface area contributed by atoms with Crippen molar-refractivity contribution in [3.63, 3.8) is 0 Å². The minimum absolute atomic E-state index is 0.155. The Balaban J connectivity index is 1.69. The number of aromatic nitrogens is 2. The fraction of sp³-hybridized carbons (Fsp3) is 0.444. The van der Waals surface area contributed by atoms with Crippen molar-refractivity contribution in [2.45, 2.75) is 39.2 Å². The molecule has 2 amide bonds. The number of aryl methyl sites for hydroxylation is 2. The van der Waals surface area contributed by atoms with E-state index in [1.165, 1.54) is 0 Å². The molecule has 1 fully saturated rings. The third-order valence-corrected chi connectivity index (χ3v) is 4.53. The van der Waals surface area contributed by atoms with Crippen LogP contribution in [0.1, 0.15) is 30.7 Å². The summed E-state index contributed by atoms with van der Waals surface area (Å²) in [4.78, 5) is 12.2. The van der Waals surface area contributed by atoms with Crippen molar-refractivity contribution < 1.29 is 9.90 Å². The zero-order chi connectivity index (χ0) is 17.1. The van der Waals surface area contributed by atoms with E-state index in [0.29, 0.717) is 12.2 Å². The number of nitrogens with zero attached hydrogens (tertiary/aromatic N) is 2. The van der Waals surface area contributed by atoms with Gasteiger partial charge in [0.1, 0.15) is 0 Å². The predicted octanol–water partition coefficient (Wildman–Crippen LogP) is 2.77. The molecular weight excluding hydrogens is 304 g/mol. The van der Waals surface area contributed by atoms with E-state index in [2.05, 4.69) is 15.7 Å². The van der Waals surface area contributed by atoms with Crippen LogP contribution in [0.25, 0.3) is 5.69 Å². The van der Waals surface area contributed by atoms with Crippen molar-refractivity contribution in [3.05, 3.63) is 41.7 Å². The second-order valence-corrected chi connectivity index (χ2v) is 6.45. The normalized spacial score (nSPS) is 20.1. The van der Waals surface area contributed by atoms with Crippen LogP contribution in [0.2, 0.25) is 0 Å². The summed E-state index contributed by atoms with van der Waals surface area (Å²) in [5.41, 5.74) is 3.48. The standard InChI is InChI=1S/C18H24N4O2/c1-12-10-13(2)22(21-12)16-8-4-3-7-15(16)20-18(24)19-11-14-6-5-9-17(14)23/h3-4,7-8,10,14,17,23H,5-6,9,11H2,1-2H3,(H2,19,20,24). The quantitative estimate of drug-likeness (QED) is 0.807. The number of hydrogen-bond acceptors (Lipinski definition) is 3. The molecule has 0 aliphatic heterocycles. The first-order valence-corrected chi connectivity index (χ1v) is 8.40. The first-order chi connectivity index (χ1) is 11.5. The van der Waals surface area contributed by atoms with Gasteiger partial charge in [-0.1, -0.05) is 18.6 Å². The first kappa shape index (κ1) is 16.5. The average Bonchev–Trinajstić information content (AvgIpc) is 3.11. The van der Waals surface area contributed by atoms with Gasteiger partial charge in [-0.25, -0.2) is 9.48 Å². The van der Waals surface area contributed by atoms with Crippen molar-refractivity contribution in [1.29, 1.82) is 0 Å². The van der Waals surface area contributed by atoms with Gasteiger partial charge in [0.25, 0.3) is 0 Å². The highest BCUT2D eigenvalue weighted by molar-refractivity contribution is 5.91. The van der Waals surface area contributed by atoms with Crippen molar-refractivity contribution in [3.8, 4) is 5.69 Å². The zero-order valence-electron chi connectivity index (χ0n) is 14.1. The third-order valence-electron chi connectivity index (χ3n) is 4.53. The minimum Gasteiger partial charge on any atom is -0.393 e. The van der Waals surface area contributed by atoms with E-state index in [1.807, 2.05) is 48.9 Å². The van der Waals surface area contributed by atoms with Gasteiger partial charge in [-0.05, 0) is 44.9 Å². The maximum atomic E-state index is 12.2. The highest BCUT2D eigenvalue weighted by atomic mass is 16.3. The van der Waals surface area contributed by atoms with Crippen LogP contribution in [0.5, 0.6) is 0 Å². The molecule has 1 aromatic heterocycles. The summed E-state index contributed by atoms with van der Waals surface area (Å²) in [6, 6.07) is 9.32. The lowest BCUT2D eigenvalue weighted by atomic mass is 10.1. The number of benzene rings is 1. The van der Waals surface area contributed by atoms with Gasteiger partial charge in [-0.2, -0.15) is 5.10 Å². The number of para-hydroxylation sites is 2. The van der Waals surface area contributed by atoms with Crippen LogP contribution in [0.3, 0.4) is 0 Å². The molecule has 1 aliphatic carbocycles. The molecule has 1 aromatic carbocycles. The van der Waals surface area contributed by atoms with E-state index < -0.39 is 0 Å². The molecule has 6 heteroatoms. The molecule has 2 aromatic rings. The monoisotopic (exact) mass is 328 g/mol. The molecule has 0 spiro atoms. The second kappa shape index (κ2) is 7.05. The lowest BCUT2D eigenvalue weighted by Crippen LogP contribution is -2.35. The van der Waals surface area contributed by atoms with Crippen LogP contribution in [-0.2, 0) is 0 Å². The molecule has 2 unspecified atom stereocenters. The molecule has 3 N–H and O–H groups in total. The van der Waals surface area contributed by atoms with Gasteiger partial charge in [0.15, 0.2) is 0 Å². The number of hydrogen-bond donors (Lipinski definition) is 3. The Kier molecular flexibility index (Phi) is 4.85. The molecule has 24 heavy (non-hydrogen) atoms. The van der Waals surface area contributed by atoms with Crippen molar-refractivity contribution in [1.82, 2.24) is 15.1 Å². The zero-order valence-corrected chi connectivity index (χ0v) is 14.1. The van der Waals surface area contributed by atoms with E-state index in [4.69, 9.17) is 0 Å². The van der Waals surface area contributed by atoms with E-state index >= 15 is 0 Å². The summed E-state index contributed by atoms with van der Waals surface area (Å²) in [6.45, 7) is 4.42. The fourth-order valence-corrected chi connectivity index (χ4v) is 3.28. The smallest absolute Gasteiger partial charge is 0.319 e. The molecule has 1 saturated carbocycles. The Hall–Kier alpha value is -2.34. The molecule has 2 atom stereocenters. The molecule has 0 radical (unpaired) electrons. The van der Waals surface area contributed by atoms with Crippen LogP contribution >= 0.6 is 0 Å². The number of nitrogens with one attached hydrogen (secondary N) is 2. The maximum absolute atomic E-state index is 12.2. The molecule has 3 rings (SSSR count). The van der Waals surface area contributed by atoms with Crippen LogP contribution in [0.15, 0.2) is 30.3 Å². The number of anilines is 1. The summed E-state index contributed by atoms with van der Waals surface area (Å²) in [5.74, 6) is 0.155. The van der Waals surface area contributed by atoms with Crippen LogP contribution < -0.4 is 10.6 Å².